The molecule has 34 heavy (non-hydrogen) atoms. The SMILES string of the molecule is Cc1nc(N=C(N)N)sc1-c1ccc(NCC2CCN(C(=O)OCc3ccccc3)CC2)cc1. The van der Waals surface area contributed by atoms with Crippen LogP contribution in [0.2, 0.25) is 0 Å². The lowest BCUT2D eigenvalue weighted by Crippen LogP contribution is -2.40. The number of nitrogens with zero attached hydrogens (tertiary/aromatic N) is 3. The highest BCUT2D eigenvalue weighted by Gasteiger charge is 2.23. The number of thiazole rings is 1. The highest BCUT2D eigenvalue weighted by molar-refractivity contribution is 7.18. The molecule has 0 saturated carbocycles. The molecule has 0 unspecified atom stereocenters. The van der Waals surface area contributed by atoms with Gasteiger partial charge in [0.2, 0.25) is 5.13 Å². The topological polar surface area (TPSA) is 119 Å². The third-order valence-corrected chi connectivity index (χ3v) is 6.93. The third-order valence-electron chi connectivity index (χ3n) is 5.83. The van der Waals surface area contributed by atoms with Gasteiger partial charge in [0.25, 0.3) is 0 Å². The minimum atomic E-state index is -0.229. The van der Waals surface area contributed by atoms with E-state index in [1.165, 1.54) is 11.3 Å². The van der Waals surface area contributed by atoms with E-state index in [9.17, 15) is 4.79 Å². The van der Waals surface area contributed by atoms with E-state index >= 15 is 0 Å². The molecule has 0 spiro atoms. The molecule has 0 bridgehead atoms. The normalized spacial score (nSPS) is 14.0. The monoisotopic (exact) mass is 478 g/mol. The van der Waals surface area contributed by atoms with Crippen LogP contribution >= 0.6 is 11.3 Å². The fourth-order valence-corrected chi connectivity index (χ4v) is 4.90. The Bertz CT molecular complexity index is 1120. The van der Waals surface area contributed by atoms with Gasteiger partial charge in [0, 0.05) is 25.3 Å². The number of hydrogen-bond donors (Lipinski definition) is 3. The summed E-state index contributed by atoms with van der Waals surface area (Å²) >= 11 is 1.47. The van der Waals surface area contributed by atoms with Crippen molar-refractivity contribution in [2.24, 2.45) is 22.4 Å². The first kappa shape index (κ1) is 23.6. The Balaban J connectivity index is 1.22. The van der Waals surface area contributed by atoms with E-state index in [0.29, 0.717) is 17.7 Å². The van der Waals surface area contributed by atoms with Crippen LogP contribution in [0.5, 0.6) is 0 Å². The summed E-state index contributed by atoms with van der Waals surface area (Å²) in [4.78, 5) is 23.7. The number of benzene rings is 2. The van der Waals surface area contributed by atoms with E-state index in [-0.39, 0.29) is 12.1 Å². The van der Waals surface area contributed by atoms with Gasteiger partial charge in [-0.15, -0.1) is 0 Å². The lowest BCUT2D eigenvalue weighted by atomic mass is 9.97. The minimum Gasteiger partial charge on any atom is -0.445 e. The first-order valence-corrected chi connectivity index (χ1v) is 12.2. The first-order chi connectivity index (χ1) is 16.5. The van der Waals surface area contributed by atoms with Crippen molar-refractivity contribution >= 4 is 34.2 Å². The quantitative estimate of drug-likeness (QED) is 0.340. The lowest BCUT2D eigenvalue weighted by molar-refractivity contribution is 0.0832. The maximum atomic E-state index is 12.3. The number of ether oxygens (including phenoxy) is 1. The van der Waals surface area contributed by atoms with Gasteiger partial charge in [0.15, 0.2) is 5.96 Å². The van der Waals surface area contributed by atoms with Gasteiger partial charge in [-0.05, 0) is 48.9 Å². The maximum absolute atomic E-state index is 12.3. The number of guanidine groups is 1. The van der Waals surface area contributed by atoms with Gasteiger partial charge < -0.3 is 26.4 Å². The van der Waals surface area contributed by atoms with Crippen molar-refractivity contribution in [2.75, 3.05) is 25.0 Å². The van der Waals surface area contributed by atoms with Crippen LogP contribution in [0, 0.1) is 12.8 Å². The second-order valence-corrected chi connectivity index (χ2v) is 9.35. The summed E-state index contributed by atoms with van der Waals surface area (Å²) in [6, 6.07) is 18.1. The van der Waals surface area contributed by atoms with Crippen molar-refractivity contribution in [1.82, 2.24) is 9.88 Å². The van der Waals surface area contributed by atoms with E-state index in [2.05, 4.69) is 39.6 Å². The van der Waals surface area contributed by atoms with Gasteiger partial charge in [-0.1, -0.05) is 53.8 Å². The number of likely N-dealkylation sites (tertiary alicyclic amines) is 1. The molecule has 1 aliphatic heterocycles. The van der Waals surface area contributed by atoms with E-state index in [1.54, 1.807) is 0 Å². The predicted octanol–water partition coefficient (Wildman–Crippen LogP) is 4.48. The van der Waals surface area contributed by atoms with Crippen LogP contribution in [0.15, 0.2) is 59.6 Å². The molecule has 1 amide bonds. The molecule has 0 radical (unpaired) electrons. The van der Waals surface area contributed by atoms with Gasteiger partial charge in [-0.3, -0.25) is 0 Å². The van der Waals surface area contributed by atoms with Crippen molar-refractivity contribution in [1.29, 1.82) is 0 Å². The molecule has 1 aliphatic rings. The molecule has 3 aromatic rings. The van der Waals surface area contributed by atoms with Crippen LogP contribution < -0.4 is 16.8 Å². The summed E-state index contributed by atoms with van der Waals surface area (Å²) in [6.45, 7) is 4.59. The molecule has 2 heterocycles. The van der Waals surface area contributed by atoms with Crippen LogP contribution in [0.3, 0.4) is 0 Å². The fraction of sp³-hybridized carbons (Fsp3) is 0.320. The average Bonchev–Trinajstić information content (AvgIpc) is 3.21. The van der Waals surface area contributed by atoms with Crippen molar-refractivity contribution in [3.05, 3.63) is 65.9 Å². The standard InChI is InChI=1S/C25H30N6O2S/c1-17-22(34-24(29-17)30-23(26)27)20-7-9-21(10-8-20)28-15-18-11-13-31(14-12-18)25(32)33-16-19-5-3-2-4-6-19/h2-10,18,28H,11-16H2,1H3,(H4,26,27,29,30). The Labute approximate surface area is 203 Å². The number of carbonyl (C=O) groups is 1. The second kappa shape index (κ2) is 11.0. The number of amides is 1. The van der Waals surface area contributed by atoms with Gasteiger partial charge in [-0.25, -0.2) is 9.78 Å². The van der Waals surface area contributed by atoms with Crippen molar-refractivity contribution in [2.45, 2.75) is 26.4 Å². The summed E-state index contributed by atoms with van der Waals surface area (Å²) in [5, 5.41) is 4.09. The van der Waals surface area contributed by atoms with E-state index in [1.807, 2.05) is 42.2 Å². The number of hydrogen-bond acceptors (Lipinski definition) is 6. The Kier molecular flexibility index (Phi) is 7.64. The highest BCUT2D eigenvalue weighted by Crippen LogP contribution is 2.34. The average molecular weight is 479 g/mol. The molecule has 4 rings (SSSR count). The van der Waals surface area contributed by atoms with E-state index in [4.69, 9.17) is 16.2 Å². The summed E-state index contributed by atoms with van der Waals surface area (Å²) < 4.78 is 5.46. The first-order valence-electron chi connectivity index (χ1n) is 11.3. The van der Waals surface area contributed by atoms with Crippen LogP contribution in [0.25, 0.3) is 10.4 Å². The molecular formula is C25H30N6O2S. The number of carbonyl (C=O) groups excluding carboxylic acids is 1. The second-order valence-electron chi connectivity index (χ2n) is 8.38. The molecular weight excluding hydrogens is 448 g/mol. The molecule has 1 saturated heterocycles. The number of rotatable bonds is 7. The Morgan fingerprint density at radius 1 is 1.15 bits per heavy atom. The number of aryl methyl sites for hydroxylation is 1. The van der Waals surface area contributed by atoms with Crippen molar-refractivity contribution < 1.29 is 9.53 Å². The number of anilines is 1. The smallest absolute Gasteiger partial charge is 0.410 e. The summed E-state index contributed by atoms with van der Waals surface area (Å²) in [5.41, 5.74) is 15.0. The largest absolute Gasteiger partial charge is 0.445 e. The number of nitrogens with one attached hydrogen (secondary N) is 1. The minimum absolute atomic E-state index is 0.00903. The molecule has 1 fully saturated rings. The van der Waals surface area contributed by atoms with Gasteiger partial charge in [0.1, 0.15) is 6.61 Å². The third kappa shape index (κ3) is 6.26. The molecule has 178 valence electrons. The van der Waals surface area contributed by atoms with Crippen molar-refractivity contribution in [3.8, 4) is 10.4 Å². The van der Waals surface area contributed by atoms with Crippen LogP contribution in [-0.4, -0.2) is 41.6 Å². The van der Waals surface area contributed by atoms with Gasteiger partial charge in [0.05, 0.1) is 10.6 Å². The lowest BCUT2D eigenvalue weighted by Gasteiger charge is -2.31. The predicted molar refractivity (Wildman–Crippen MR) is 137 cm³/mol. The Morgan fingerprint density at radius 3 is 2.53 bits per heavy atom. The zero-order valence-corrected chi connectivity index (χ0v) is 20.1. The number of nitrogens with two attached hydrogens (primary N) is 2. The van der Waals surface area contributed by atoms with E-state index in [0.717, 1.165) is 59.9 Å². The summed E-state index contributed by atoms with van der Waals surface area (Å²) in [6.07, 6.45) is 1.69. The highest BCUT2D eigenvalue weighted by atomic mass is 32.1. The zero-order valence-electron chi connectivity index (χ0n) is 19.2. The number of piperidine rings is 1. The Hall–Kier alpha value is -3.59. The molecule has 0 atom stereocenters. The molecule has 0 aliphatic carbocycles. The molecule has 5 N–H and O–H groups in total. The molecule has 2 aromatic carbocycles. The maximum Gasteiger partial charge on any atom is 0.410 e. The van der Waals surface area contributed by atoms with Crippen molar-refractivity contribution in [3.63, 3.8) is 0 Å². The van der Waals surface area contributed by atoms with Crippen LogP contribution in [0.4, 0.5) is 15.6 Å². The fourth-order valence-electron chi connectivity index (χ4n) is 3.94. The van der Waals surface area contributed by atoms with Crippen LogP contribution in [0.1, 0.15) is 24.1 Å². The van der Waals surface area contributed by atoms with Gasteiger partial charge >= 0.3 is 6.09 Å². The zero-order chi connectivity index (χ0) is 23.9. The van der Waals surface area contributed by atoms with Crippen LogP contribution in [-0.2, 0) is 11.3 Å². The van der Waals surface area contributed by atoms with E-state index < -0.39 is 0 Å². The molecule has 8 nitrogen and oxygen atoms in total. The Morgan fingerprint density at radius 2 is 1.85 bits per heavy atom. The molecule has 1 aromatic heterocycles. The number of aliphatic imine (C=N–C) groups is 1. The summed E-state index contributed by atoms with van der Waals surface area (Å²) in [7, 11) is 0. The number of aromatic nitrogens is 1. The molecule has 9 heteroatoms. The summed E-state index contributed by atoms with van der Waals surface area (Å²) in [5.74, 6) is 0.526. The van der Waals surface area contributed by atoms with Gasteiger partial charge in [-0.2, -0.15) is 4.99 Å².